The highest BCUT2D eigenvalue weighted by molar-refractivity contribution is 5.21. The molecular formula is C12H17F2NO. The molecular weight excluding hydrogens is 212 g/mol. The molecule has 0 bridgehead atoms. The summed E-state index contributed by atoms with van der Waals surface area (Å²) in [7, 11) is 1.63. The van der Waals surface area contributed by atoms with Gasteiger partial charge in [-0.2, -0.15) is 0 Å². The summed E-state index contributed by atoms with van der Waals surface area (Å²) >= 11 is 0. The number of methoxy groups -OCH3 is 1. The van der Waals surface area contributed by atoms with Crippen LogP contribution in [0.15, 0.2) is 18.2 Å². The van der Waals surface area contributed by atoms with Crippen LogP contribution in [0.1, 0.15) is 24.9 Å². The average Bonchev–Trinajstić information content (AvgIpc) is 2.28. The van der Waals surface area contributed by atoms with E-state index in [0.29, 0.717) is 18.7 Å². The Morgan fingerprint density at radius 2 is 2.12 bits per heavy atom. The first-order chi connectivity index (χ1) is 7.66. The molecule has 0 saturated carbocycles. The standard InChI is InChI=1S/C12H17F2NO/c1-9(15-7-4-8-16-2)10-5-3-6-11(13)12(10)14/h3,5-6,9,15H,4,7-8H2,1-2H3/t9-/m0/s1. The van der Waals surface area contributed by atoms with Gasteiger partial charge < -0.3 is 10.1 Å². The summed E-state index contributed by atoms with van der Waals surface area (Å²) in [5, 5.41) is 3.12. The van der Waals surface area contributed by atoms with Crippen LogP contribution >= 0.6 is 0 Å². The Morgan fingerprint density at radius 1 is 1.38 bits per heavy atom. The van der Waals surface area contributed by atoms with Crippen LogP contribution in [0, 0.1) is 11.6 Å². The van der Waals surface area contributed by atoms with Gasteiger partial charge in [0.15, 0.2) is 11.6 Å². The van der Waals surface area contributed by atoms with Crippen LogP contribution in [-0.2, 0) is 4.74 Å². The summed E-state index contributed by atoms with van der Waals surface area (Å²) in [6, 6.07) is 4.02. The molecule has 1 aromatic carbocycles. The van der Waals surface area contributed by atoms with Gasteiger partial charge in [-0.25, -0.2) is 8.78 Å². The van der Waals surface area contributed by atoms with E-state index in [1.54, 1.807) is 13.2 Å². The Labute approximate surface area is 94.6 Å². The minimum atomic E-state index is -0.803. The van der Waals surface area contributed by atoms with E-state index in [4.69, 9.17) is 4.74 Å². The van der Waals surface area contributed by atoms with E-state index in [0.717, 1.165) is 12.5 Å². The van der Waals surface area contributed by atoms with Crippen molar-refractivity contribution in [1.29, 1.82) is 0 Å². The van der Waals surface area contributed by atoms with Crippen molar-refractivity contribution in [3.05, 3.63) is 35.4 Å². The maximum absolute atomic E-state index is 13.4. The third-order valence-corrected chi connectivity index (χ3v) is 2.42. The molecule has 0 aromatic heterocycles. The minimum Gasteiger partial charge on any atom is -0.385 e. The van der Waals surface area contributed by atoms with Crippen molar-refractivity contribution in [3.8, 4) is 0 Å². The molecule has 90 valence electrons. The minimum absolute atomic E-state index is 0.201. The second-order valence-electron chi connectivity index (χ2n) is 3.67. The van der Waals surface area contributed by atoms with Crippen molar-refractivity contribution in [2.75, 3.05) is 20.3 Å². The molecule has 1 atom stereocenters. The Hall–Kier alpha value is -1.00. The number of ether oxygens (including phenoxy) is 1. The SMILES string of the molecule is COCCCN[C@@H](C)c1cccc(F)c1F. The predicted octanol–water partition coefficient (Wildman–Crippen LogP) is 2.65. The molecule has 0 aliphatic heterocycles. The maximum atomic E-state index is 13.4. The third kappa shape index (κ3) is 3.54. The first kappa shape index (κ1) is 13.1. The van der Waals surface area contributed by atoms with Gasteiger partial charge in [0.05, 0.1) is 0 Å². The van der Waals surface area contributed by atoms with E-state index in [2.05, 4.69) is 5.32 Å². The molecule has 0 saturated heterocycles. The molecule has 2 nitrogen and oxygen atoms in total. The summed E-state index contributed by atoms with van der Waals surface area (Å²) in [6.45, 7) is 3.18. The van der Waals surface area contributed by atoms with Gasteiger partial charge >= 0.3 is 0 Å². The van der Waals surface area contributed by atoms with Gasteiger partial charge in [0.2, 0.25) is 0 Å². The molecule has 4 heteroatoms. The smallest absolute Gasteiger partial charge is 0.163 e. The number of nitrogens with one attached hydrogen (secondary N) is 1. The van der Waals surface area contributed by atoms with E-state index in [9.17, 15) is 8.78 Å². The molecule has 0 heterocycles. The molecule has 0 radical (unpaired) electrons. The van der Waals surface area contributed by atoms with E-state index >= 15 is 0 Å². The molecule has 0 fully saturated rings. The van der Waals surface area contributed by atoms with Gasteiger partial charge in [-0.15, -0.1) is 0 Å². The monoisotopic (exact) mass is 229 g/mol. The Bertz CT molecular complexity index is 331. The second-order valence-corrected chi connectivity index (χ2v) is 3.67. The topological polar surface area (TPSA) is 21.3 Å². The Morgan fingerprint density at radius 3 is 2.81 bits per heavy atom. The quantitative estimate of drug-likeness (QED) is 0.757. The third-order valence-electron chi connectivity index (χ3n) is 2.42. The molecule has 0 aliphatic rings. The van der Waals surface area contributed by atoms with Crippen molar-refractivity contribution in [2.24, 2.45) is 0 Å². The van der Waals surface area contributed by atoms with E-state index < -0.39 is 11.6 Å². The van der Waals surface area contributed by atoms with Crippen LogP contribution < -0.4 is 5.32 Å². The zero-order chi connectivity index (χ0) is 12.0. The highest BCUT2D eigenvalue weighted by atomic mass is 19.2. The number of rotatable bonds is 6. The fourth-order valence-corrected chi connectivity index (χ4v) is 1.50. The van der Waals surface area contributed by atoms with Gasteiger partial charge in [0, 0.05) is 25.3 Å². The fourth-order valence-electron chi connectivity index (χ4n) is 1.50. The van der Waals surface area contributed by atoms with Crippen LogP contribution in [0.25, 0.3) is 0 Å². The summed E-state index contributed by atoms with van der Waals surface area (Å²) in [6.07, 6.45) is 0.845. The molecule has 1 aromatic rings. The lowest BCUT2D eigenvalue weighted by molar-refractivity contribution is 0.193. The van der Waals surface area contributed by atoms with Crippen molar-refractivity contribution < 1.29 is 13.5 Å². The first-order valence-corrected chi connectivity index (χ1v) is 5.33. The van der Waals surface area contributed by atoms with Crippen molar-refractivity contribution >= 4 is 0 Å². The summed E-state index contributed by atoms with van der Waals surface area (Å²) in [5.74, 6) is -1.57. The van der Waals surface area contributed by atoms with Crippen LogP contribution in [0.2, 0.25) is 0 Å². The molecule has 0 amide bonds. The highest BCUT2D eigenvalue weighted by Gasteiger charge is 2.13. The lowest BCUT2D eigenvalue weighted by Crippen LogP contribution is -2.22. The Balaban J connectivity index is 2.52. The zero-order valence-electron chi connectivity index (χ0n) is 9.59. The maximum Gasteiger partial charge on any atom is 0.163 e. The normalized spacial score (nSPS) is 12.8. The molecule has 0 unspecified atom stereocenters. The number of benzene rings is 1. The van der Waals surface area contributed by atoms with E-state index in [-0.39, 0.29) is 6.04 Å². The molecule has 1 N–H and O–H groups in total. The van der Waals surface area contributed by atoms with Crippen LogP contribution in [-0.4, -0.2) is 20.3 Å². The second kappa shape index (κ2) is 6.55. The van der Waals surface area contributed by atoms with Gasteiger partial charge in [-0.1, -0.05) is 12.1 Å². The molecule has 0 spiro atoms. The van der Waals surface area contributed by atoms with Crippen molar-refractivity contribution in [2.45, 2.75) is 19.4 Å². The fraction of sp³-hybridized carbons (Fsp3) is 0.500. The van der Waals surface area contributed by atoms with Crippen LogP contribution in [0.5, 0.6) is 0 Å². The van der Waals surface area contributed by atoms with Crippen molar-refractivity contribution in [1.82, 2.24) is 5.32 Å². The van der Waals surface area contributed by atoms with E-state index in [1.165, 1.54) is 6.07 Å². The van der Waals surface area contributed by atoms with Gasteiger partial charge in [-0.05, 0) is 26.0 Å². The average molecular weight is 229 g/mol. The number of hydrogen-bond donors (Lipinski definition) is 1. The van der Waals surface area contributed by atoms with Gasteiger partial charge in [-0.3, -0.25) is 0 Å². The summed E-state index contributed by atoms with van der Waals surface area (Å²) < 4.78 is 31.2. The van der Waals surface area contributed by atoms with Crippen LogP contribution in [0.3, 0.4) is 0 Å². The van der Waals surface area contributed by atoms with Gasteiger partial charge in [0.25, 0.3) is 0 Å². The lowest BCUT2D eigenvalue weighted by atomic mass is 10.1. The highest BCUT2D eigenvalue weighted by Crippen LogP contribution is 2.18. The predicted molar refractivity (Wildman–Crippen MR) is 59.3 cm³/mol. The van der Waals surface area contributed by atoms with Crippen molar-refractivity contribution in [3.63, 3.8) is 0 Å². The van der Waals surface area contributed by atoms with E-state index in [1.807, 2.05) is 6.92 Å². The van der Waals surface area contributed by atoms with Gasteiger partial charge in [0.1, 0.15) is 0 Å². The molecule has 1 rings (SSSR count). The molecule has 0 aliphatic carbocycles. The summed E-state index contributed by atoms with van der Waals surface area (Å²) in [5.41, 5.74) is 0.359. The lowest BCUT2D eigenvalue weighted by Gasteiger charge is -2.15. The largest absolute Gasteiger partial charge is 0.385 e. The van der Waals surface area contributed by atoms with Crippen LogP contribution in [0.4, 0.5) is 8.78 Å². The zero-order valence-corrected chi connectivity index (χ0v) is 9.59. The Kier molecular flexibility index (Phi) is 5.35. The first-order valence-electron chi connectivity index (χ1n) is 5.33. The molecule has 16 heavy (non-hydrogen) atoms. The number of hydrogen-bond acceptors (Lipinski definition) is 2. The number of halogens is 2. The summed E-state index contributed by atoms with van der Waals surface area (Å²) in [4.78, 5) is 0.